The van der Waals surface area contributed by atoms with Crippen LogP contribution < -0.4 is 10.7 Å². The summed E-state index contributed by atoms with van der Waals surface area (Å²) in [4.78, 5) is 29.6. The molecule has 2 aromatic heterocycles. The summed E-state index contributed by atoms with van der Waals surface area (Å²) >= 11 is 1.31. The van der Waals surface area contributed by atoms with Gasteiger partial charge in [0.1, 0.15) is 0 Å². The molecular weight excluding hydrogens is 396 g/mol. The number of amides is 1. The summed E-state index contributed by atoms with van der Waals surface area (Å²) in [5.41, 5.74) is 3.83. The average Bonchev–Trinajstić information content (AvgIpc) is 3.23. The Morgan fingerprint density at radius 2 is 1.83 bits per heavy atom. The van der Waals surface area contributed by atoms with Crippen molar-refractivity contribution in [3.8, 4) is 16.9 Å². The molecule has 0 atom stereocenters. The van der Waals surface area contributed by atoms with Gasteiger partial charge >= 0.3 is 0 Å². The Bertz CT molecular complexity index is 1240. The summed E-state index contributed by atoms with van der Waals surface area (Å²) in [5.74, 6) is -0.577. The van der Waals surface area contributed by atoms with E-state index in [9.17, 15) is 9.59 Å². The number of aromatic nitrogens is 3. The van der Waals surface area contributed by atoms with Crippen molar-refractivity contribution in [2.24, 2.45) is 0 Å². The molecule has 30 heavy (non-hydrogen) atoms. The molecule has 4 aromatic rings. The number of nitrogens with one attached hydrogen (secondary N) is 1. The first-order valence-electron chi connectivity index (χ1n) is 9.57. The molecule has 0 fully saturated rings. The second kappa shape index (κ2) is 8.42. The van der Waals surface area contributed by atoms with Crippen molar-refractivity contribution in [1.29, 1.82) is 0 Å². The van der Waals surface area contributed by atoms with Crippen LogP contribution in [0.3, 0.4) is 0 Å². The second-order valence-electron chi connectivity index (χ2n) is 6.79. The quantitative estimate of drug-likeness (QED) is 0.520. The van der Waals surface area contributed by atoms with E-state index >= 15 is 0 Å². The molecule has 0 radical (unpaired) electrons. The number of thiazole rings is 1. The monoisotopic (exact) mass is 416 g/mol. The van der Waals surface area contributed by atoms with Crippen molar-refractivity contribution in [2.75, 3.05) is 5.32 Å². The van der Waals surface area contributed by atoms with E-state index in [1.807, 2.05) is 47.8 Å². The van der Waals surface area contributed by atoms with E-state index in [0.29, 0.717) is 10.8 Å². The smallest absolute Gasteiger partial charge is 0.281 e. The molecule has 2 aromatic carbocycles. The van der Waals surface area contributed by atoms with Gasteiger partial charge in [-0.05, 0) is 31.0 Å². The molecule has 0 spiro atoms. The van der Waals surface area contributed by atoms with E-state index in [1.54, 1.807) is 11.6 Å². The van der Waals surface area contributed by atoms with Gasteiger partial charge < -0.3 is 0 Å². The summed E-state index contributed by atoms with van der Waals surface area (Å²) in [6, 6.07) is 18.9. The van der Waals surface area contributed by atoms with E-state index in [4.69, 9.17) is 0 Å². The Kier molecular flexibility index (Phi) is 5.54. The third-order valence-electron chi connectivity index (χ3n) is 4.71. The number of rotatable bonds is 5. The molecule has 0 saturated heterocycles. The van der Waals surface area contributed by atoms with Crippen LogP contribution in [0.4, 0.5) is 5.13 Å². The molecule has 0 aliphatic rings. The van der Waals surface area contributed by atoms with Gasteiger partial charge in [-0.15, -0.1) is 11.3 Å². The van der Waals surface area contributed by atoms with Gasteiger partial charge in [-0.1, -0.05) is 49.4 Å². The van der Waals surface area contributed by atoms with Crippen molar-refractivity contribution in [2.45, 2.75) is 20.3 Å². The maximum Gasteiger partial charge on any atom is 0.281 e. The molecule has 0 unspecified atom stereocenters. The Morgan fingerprint density at radius 3 is 2.53 bits per heavy atom. The van der Waals surface area contributed by atoms with E-state index < -0.39 is 11.3 Å². The average molecular weight is 417 g/mol. The third kappa shape index (κ3) is 4.06. The number of hydrogen-bond acceptors (Lipinski definition) is 5. The summed E-state index contributed by atoms with van der Waals surface area (Å²) in [7, 11) is 0. The van der Waals surface area contributed by atoms with Gasteiger partial charge in [-0.3, -0.25) is 14.9 Å². The van der Waals surface area contributed by atoms with Crippen LogP contribution in [-0.2, 0) is 6.42 Å². The first-order valence-corrected chi connectivity index (χ1v) is 10.5. The zero-order chi connectivity index (χ0) is 21.1. The molecule has 0 saturated carbocycles. The van der Waals surface area contributed by atoms with Crippen LogP contribution in [0.5, 0.6) is 0 Å². The van der Waals surface area contributed by atoms with Gasteiger partial charge in [0, 0.05) is 22.7 Å². The number of anilines is 1. The maximum atomic E-state index is 12.7. The van der Waals surface area contributed by atoms with Crippen molar-refractivity contribution in [3.63, 3.8) is 0 Å². The molecule has 0 aliphatic heterocycles. The van der Waals surface area contributed by atoms with Crippen molar-refractivity contribution in [3.05, 3.63) is 93.2 Å². The lowest BCUT2D eigenvalue weighted by atomic mass is 10.1. The third-order valence-corrected chi connectivity index (χ3v) is 5.46. The molecule has 0 bridgehead atoms. The lowest BCUT2D eigenvalue weighted by Gasteiger charge is -2.10. The minimum atomic E-state index is -0.577. The minimum absolute atomic E-state index is 0.173. The Labute approximate surface area is 177 Å². The Balaban J connectivity index is 1.58. The number of nitrogens with zero attached hydrogens (tertiary/aromatic N) is 3. The molecule has 7 heteroatoms. The van der Waals surface area contributed by atoms with Crippen LogP contribution in [0, 0.1) is 6.92 Å². The SMILES string of the molecule is CCc1ccc(-c2csc(NC(=O)c3nn(-c4ccccc4)c(C)cc3=O)n2)cc1. The summed E-state index contributed by atoms with van der Waals surface area (Å²) in [5, 5.41) is 9.29. The van der Waals surface area contributed by atoms with Crippen LogP contribution in [-0.4, -0.2) is 20.7 Å². The van der Waals surface area contributed by atoms with Gasteiger partial charge in [-0.2, -0.15) is 5.10 Å². The molecule has 1 N–H and O–H groups in total. The van der Waals surface area contributed by atoms with Gasteiger partial charge in [0.25, 0.3) is 5.91 Å². The molecule has 150 valence electrons. The molecule has 1 amide bonds. The fraction of sp³-hybridized carbons (Fsp3) is 0.130. The zero-order valence-electron chi connectivity index (χ0n) is 16.6. The lowest BCUT2D eigenvalue weighted by molar-refractivity contribution is 0.101. The lowest BCUT2D eigenvalue weighted by Crippen LogP contribution is -2.26. The first kappa shape index (κ1) is 19.7. The van der Waals surface area contributed by atoms with Crippen LogP contribution in [0.15, 0.2) is 70.8 Å². The first-order chi connectivity index (χ1) is 14.5. The fourth-order valence-electron chi connectivity index (χ4n) is 3.07. The molecule has 0 aliphatic carbocycles. The number of carbonyl (C=O) groups is 1. The number of aryl methyl sites for hydroxylation is 2. The minimum Gasteiger partial charge on any atom is -0.296 e. The van der Waals surface area contributed by atoms with Crippen molar-refractivity contribution in [1.82, 2.24) is 14.8 Å². The largest absolute Gasteiger partial charge is 0.296 e. The highest BCUT2D eigenvalue weighted by Gasteiger charge is 2.17. The van der Waals surface area contributed by atoms with E-state index in [0.717, 1.165) is 23.4 Å². The van der Waals surface area contributed by atoms with Crippen LogP contribution in [0.25, 0.3) is 16.9 Å². The zero-order valence-corrected chi connectivity index (χ0v) is 17.4. The summed E-state index contributed by atoms with van der Waals surface area (Å²) in [6.07, 6.45) is 0.975. The number of hydrogen-bond donors (Lipinski definition) is 1. The standard InChI is InChI=1S/C23H20N4O2S/c1-3-16-9-11-17(12-10-16)19-14-30-23(24-19)25-22(29)21-20(28)13-15(2)27(26-21)18-7-5-4-6-8-18/h4-14H,3H2,1-2H3,(H,24,25,29). The normalized spacial score (nSPS) is 10.7. The molecule has 6 nitrogen and oxygen atoms in total. The number of para-hydroxylation sites is 1. The molecule has 4 rings (SSSR count). The van der Waals surface area contributed by atoms with E-state index in [1.165, 1.54) is 23.0 Å². The van der Waals surface area contributed by atoms with Gasteiger partial charge in [0.2, 0.25) is 5.43 Å². The highest BCUT2D eigenvalue weighted by Crippen LogP contribution is 2.25. The van der Waals surface area contributed by atoms with E-state index in [-0.39, 0.29) is 5.69 Å². The fourth-order valence-corrected chi connectivity index (χ4v) is 3.78. The predicted molar refractivity (Wildman–Crippen MR) is 119 cm³/mol. The van der Waals surface area contributed by atoms with Crippen LogP contribution in [0.1, 0.15) is 28.7 Å². The van der Waals surface area contributed by atoms with Gasteiger partial charge in [0.05, 0.1) is 11.4 Å². The number of carbonyl (C=O) groups excluding carboxylic acids is 1. The Morgan fingerprint density at radius 1 is 1.10 bits per heavy atom. The van der Waals surface area contributed by atoms with Crippen molar-refractivity contribution >= 4 is 22.4 Å². The van der Waals surface area contributed by atoms with Gasteiger partial charge in [-0.25, -0.2) is 9.67 Å². The van der Waals surface area contributed by atoms with Crippen LogP contribution in [0.2, 0.25) is 0 Å². The predicted octanol–water partition coefficient (Wildman–Crippen LogP) is 4.48. The summed E-state index contributed by atoms with van der Waals surface area (Å²) in [6.45, 7) is 3.89. The molecular formula is C23H20N4O2S. The van der Waals surface area contributed by atoms with Crippen molar-refractivity contribution < 1.29 is 4.79 Å². The maximum absolute atomic E-state index is 12.7. The highest BCUT2D eigenvalue weighted by atomic mass is 32.1. The Hall–Kier alpha value is -3.58. The molecule has 2 heterocycles. The number of benzene rings is 2. The van der Waals surface area contributed by atoms with Gasteiger partial charge in [0.15, 0.2) is 10.8 Å². The second-order valence-corrected chi connectivity index (χ2v) is 7.65. The van der Waals surface area contributed by atoms with E-state index in [2.05, 4.69) is 34.5 Å². The summed E-state index contributed by atoms with van der Waals surface area (Å²) < 4.78 is 1.58. The topological polar surface area (TPSA) is 76.9 Å². The van der Waals surface area contributed by atoms with Crippen LogP contribution >= 0.6 is 11.3 Å². The highest BCUT2D eigenvalue weighted by molar-refractivity contribution is 7.14.